The maximum absolute atomic E-state index is 12.1. The topological polar surface area (TPSA) is 69.6 Å². The predicted octanol–water partition coefficient (Wildman–Crippen LogP) is 3.12. The molecule has 140 valence electrons. The summed E-state index contributed by atoms with van der Waals surface area (Å²) in [6.07, 6.45) is 8.16. The van der Waals surface area contributed by atoms with Crippen LogP contribution in [0.15, 0.2) is 29.5 Å². The van der Waals surface area contributed by atoms with Gasteiger partial charge in [0.15, 0.2) is 5.96 Å². The molecular weight excluding hydrogens is 429 g/mol. The van der Waals surface area contributed by atoms with Crippen LogP contribution in [0.25, 0.3) is 0 Å². The Morgan fingerprint density at radius 1 is 1.48 bits per heavy atom. The summed E-state index contributed by atoms with van der Waals surface area (Å²) in [5, 5.41) is 6.01. The van der Waals surface area contributed by atoms with Gasteiger partial charge < -0.3 is 15.5 Å². The van der Waals surface area contributed by atoms with Crippen molar-refractivity contribution < 1.29 is 4.79 Å². The average Bonchev–Trinajstić information content (AvgIpc) is 2.56. The fourth-order valence-electron chi connectivity index (χ4n) is 3.44. The molecule has 0 saturated carbocycles. The number of carbonyl (C=O) groups is 1. The molecule has 2 heterocycles. The third kappa shape index (κ3) is 6.80. The third-order valence-electron chi connectivity index (χ3n) is 4.50. The number of aromatic nitrogens is 1. The van der Waals surface area contributed by atoms with Crippen molar-refractivity contribution in [1.29, 1.82) is 0 Å². The molecule has 6 nitrogen and oxygen atoms in total. The van der Waals surface area contributed by atoms with E-state index in [1.54, 1.807) is 25.5 Å². The van der Waals surface area contributed by atoms with Crippen molar-refractivity contribution in [2.45, 2.75) is 39.5 Å². The van der Waals surface area contributed by atoms with Crippen molar-refractivity contribution in [3.05, 3.63) is 24.5 Å². The summed E-state index contributed by atoms with van der Waals surface area (Å²) in [4.78, 5) is 22.7. The second kappa shape index (κ2) is 10.6. The highest BCUT2D eigenvalue weighted by molar-refractivity contribution is 14.0. The van der Waals surface area contributed by atoms with Gasteiger partial charge in [0.05, 0.1) is 18.4 Å². The number of rotatable bonds is 5. The van der Waals surface area contributed by atoms with Gasteiger partial charge in [-0.05, 0) is 36.8 Å². The molecule has 2 N–H and O–H groups in total. The second-order valence-corrected chi connectivity index (χ2v) is 6.78. The van der Waals surface area contributed by atoms with E-state index in [2.05, 4.69) is 39.4 Å². The Kier molecular flexibility index (Phi) is 9.16. The molecule has 0 radical (unpaired) electrons. The first-order chi connectivity index (χ1) is 11.6. The molecule has 7 heteroatoms. The minimum Gasteiger partial charge on any atom is -0.347 e. The lowest BCUT2D eigenvalue weighted by Gasteiger charge is -2.42. The van der Waals surface area contributed by atoms with Gasteiger partial charge in [0, 0.05) is 26.3 Å². The molecule has 25 heavy (non-hydrogen) atoms. The summed E-state index contributed by atoms with van der Waals surface area (Å²) in [5.74, 6) is 0.704. The second-order valence-electron chi connectivity index (χ2n) is 6.78. The van der Waals surface area contributed by atoms with Gasteiger partial charge in [-0.1, -0.05) is 20.3 Å². The Bertz CT molecular complexity index is 562. The van der Waals surface area contributed by atoms with Crippen LogP contribution in [0.2, 0.25) is 0 Å². The molecular formula is C18H30IN5O. The highest BCUT2D eigenvalue weighted by Crippen LogP contribution is 2.33. The number of likely N-dealkylation sites (tertiary alicyclic amines) is 1. The van der Waals surface area contributed by atoms with Gasteiger partial charge >= 0.3 is 0 Å². The van der Waals surface area contributed by atoms with E-state index in [4.69, 9.17) is 0 Å². The van der Waals surface area contributed by atoms with Crippen LogP contribution in [-0.2, 0) is 4.79 Å². The van der Waals surface area contributed by atoms with Crippen LogP contribution in [-0.4, -0.2) is 48.4 Å². The van der Waals surface area contributed by atoms with Gasteiger partial charge in [-0.3, -0.25) is 14.8 Å². The van der Waals surface area contributed by atoms with E-state index in [0.717, 1.165) is 19.0 Å². The maximum Gasteiger partial charge on any atom is 0.243 e. The zero-order valence-corrected chi connectivity index (χ0v) is 17.7. The largest absolute Gasteiger partial charge is 0.347 e. The molecule has 0 bridgehead atoms. The number of aliphatic imine (C=N–C) groups is 1. The molecule has 1 aliphatic heterocycles. The number of amides is 1. The number of carbonyl (C=O) groups excluding carboxylic acids is 1. The fourth-order valence-corrected chi connectivity index (χ4v) is 3.44. The molecule has 2 rings (SSSR count). The molecule has 1 aromatic heterocycles. The maximum atomic E-state index is 12.1. The van der Waals surface area contributed by atoms with Gasteiger partial charge in [-0.2, -0.15) is 0 Å². The van der Waals surface area contributed by atoms with Crippen molar-refractivity contribution >= 4 is 41.5 Å². The molecule has 0 aromatic carbocycles. The van der Waals surface area contributed by atoms with E-state index >= 15 is 0 Å². The standard InChI is InChI=1S/C18H29N5O.HI/c1-4-8-18(2)9-6-11-23(14-18)17(19-3)21-13-16(24)22-15-7-5-10-20-12-15;/h5,7,10,12H,4,6,8-9,11,13-14H2,1-3H3,(H,19,21)(H,22,24);1H. The Morgan fingerprint density at radius 2 is 2.28 bits per heavy atom. The zero-order chi connectivity index (χ0) is 17.4. The first kappa shape index (κ1) is 21.7. The van der Waals surface area contributed by atoms with Crippen molar-refractivity contribution in [3.63, 3.8) is 0 Å². The van der Waals surface area contributed by atoms with Crippen LogP contribution in [0, 0.1) is 5.41 Å². The highest BCUT2D eigenvalue weighted by Gasteiger charge is 2.31. The van der Waals surface area contributed by atoms with Gasteiger partial charge in [0.2, 0.25) is 5.91 Å². The van der Waals surface area contributed by atoms with Gasteiger partial charge in [0.25, 0.3) is 0 Å². The van der Waals surface area contributed by atoms with Crippen molar-refractivity contribution in [2.75, 3.05) is 32.0 Å². The lowest BCUT2D eigenvalue weighted by Crippen LogP contribution is -2.51. The summed E-state index contributed by atoms with van der Waals surface area (Å²) in [6, 6.07) is 3.62. The molecule has 1 atom stereocenters. The monoisotopic (exact) mass is 459 g/mol. The van der Waals surface area contributed by atoms with Gasteiger partial charge in [-0.15, -0.1) is 24.0 Å². The highest BCUT2D eigenvalue weighted by atomic mass is 127. The van der Waals surface area contributed by atoms with Gasteiger partial charge in [-0.25, -0.2) is 0 Å². The first-order valence-corrected chi connectivity index (χ1v) is 8.72. The molecule has 0 spiro atoms. The van der Waals surface area contributed by atoms with Crippen LogP contribution in [0.4, 0.5) is 5.69 Å². The van der Waals surface area contributed by atoms with Gasteiger partial charge in [0.1, 0.15) is 0 Å². The fraction of sp³-hybridized carbons (Fsp3) is 0.611. The number of hydrogen-bond acceptors (Lipinski definition) is 3. The third-order valence-corrected chi connectivity index (χ3v) is 4.50. The van der Waals surface area contributed by atoms with Crippen LogP contribution in [0.5, 0.6) is 0 Å². The molecule has 1 amide bonds. The lowest BCUT2D eigenvalue weighted by atomic mass is 9.78. The van der Waals surface area contributed by atoms with E-state index < -0.39 is 0 Å². The molecule has 1 unspecified atom stereocenters. The van der Waals surface area contributed by atoms with Crippen molar-refractivity contribution in [3.8, 4) is 0 Å². The van der Waals surface area contributed by atoms with Crippen LogP contribution < -0.4 is 10.6 Å². The lowest BCUT2D eigenvalue weighted by molar-refractivity contribution is -0.115. The molecule has 1 fully saturated rings. The van der Waals surface area contributed by atoms with Crippen LogP contribution in [0.1, 0.15) is 39.5 Å². The minimum atomic E-state index is -0.0996. The number of pyridine rings is 1. The summed E-state index contributed by atoms with van der Waals surface area (Å²) >= 11 is 0. The number of guanidine groups is 1. The summed E-state index contributed by atoms with van der Waals surface area (Å²) in [7, 11) is 1.77. The minimum absolute atomic E-state index is 0. The summed E-state index contributed by atoms with van der Waals surface area (Å²) in [5.41, 5.74) is 1.04. The quantitative estimate of drug-likeness (QED) is 0.404. The zero-order valence-electron chi connectivity index (χ0n) is 15.4. The Hall–Kier alpha value is -1.38. The number of nitrogens with zero attached hydrogens (tertiary/aromatic N) is 3. The number of anilines is 1. The number of piperidine rings is 1. The van der Waals surface area contributed by atoms with E-state index in [1.165, 1.54) is 25.7 Å². The molecule has 1 aromatic rings. The number of hydrogen-bond donors (Lipinski definition) is 2. The summed E-state index contributed by atoms with van der Waals surface area (Å²) in [6.45, 7) is 6.77. The number of halogens is 1. The van der Waals surface area contributed by atoms with Crippen LogP contribution in [0.3, 0.4) is 0 Å². The van der Waals surface area contributed by atoms with Crippen LogP contribution >= 0.6 is 24.0 Å². The van der Waals surface area contributed by atoms with Crippen molar-refractivity contribution in [2.24, 2.45) is 10.4 Å². The Labute approximate surface area is 167 Å². The molecule has 1 aliphatic rings. The molecule has 1 saturated heterocycles. The normalized spacial score (nSPS) is 20.6. The van der Waals surface area contributed by atoms with Crippen molar-refractivity contribution in [1.82, 2.24) is 15.2 Å². The van der Waals surface area contributed by atoms with E-state index in [9.17, 15) is 4.79 Å². The Morgan fingerprint density at radius 3 is 2.92 bits per heavy atom. The SMILES string of the molecule is CCCC1(C)CCCN(C(=NC)NCC(=O)Nc2cccnc2)C1.I. The average molecular weight is 459 g/mol. The molecule has 0 aliphatic carbocycles. The Balaban J connectivity index is 0.00000312. The summed E-state index contributed by atoms with van der Waals surface area (Å²) < 4.78 is 0. The smallest absolute Gasteiger partial charge is 0.243 e. The van der Waals surface area contributed by atoms with E-state index in [0.29, 0.717) is 11.1 Å². The first-order valence-electron chi connectivity index (χ1n) is 8.72. The predicted molar refractivity (Wildman–Crippen MR) is 113 cm³/mol. The number of nitrogens with one attached hydrogen (secondary N) is 2. The van der Waals surface area contributed by atoms with E-state index in [1.807, 2.05) is 6.07 Å². The van der Waals surface area contributed by atoms with E-state index in [-0.39, 0.29) is 36.4 Å².